The molecule has 0 bridgehead atoms. The number of hydrogen-bond acceptors (Lipinski definition) is 3. The molecule has 1 amide bonds. The van der Waals surface area contributed by atoms with Crippen LogP contribution >= 0.6 is 0 Å². The highest BCUT2D eigenvalue weighted by atomic mass is 16.1. The number of nitrogens with zero attached hydrogens (tertiary/aromatic N) is 2. The molecule has 4 aromatic rings. The summed E-state index contributed by atoms with van der Waals surface area (Å²) in [6, 6.07) is 19.4. The minimum absolute atomic E-state index is 0.433. The molecule has 110 valence electrons. The van der Waals surface area contributed by atoms with E-state index in [1.54, 1.807) is 24.4 Å². The molecule has 1 heterocycles. The first-order valence-corrected chi connectivity index (χ1v) is 7.26. The molecule has 1 aromatic heterocycles. The molecule has 4 nitrogen and oxygen atoms in total. The molecule has 4 heteroatoms. The number of amides is 1. The lowest BCUT2D eigenvalue weighted by molar-refractivity contribution is 0.100. The van der Waals surface area contributed by atoms with Gasteiger partial charge in [0, 0.05) is 11.1 Å². The number of benzene rings is 3. The second-order valence-electron chi connectivity index (χ2n) is 5.38. The third-order valence-electron chi connectivity index (χ3n) is 3.87. The minimum atomic E-state index is -0.468. The predicted molar refractivity (Wildman–Crippen MR) is 91.0 cm³/mol. The summed E-state index contributed by atoms with van der Waals surface area (Å²) >= 11 is 0. The standard InChI is InChI=1S/C19H13N3O/c20-19(23)15-7-8-16-17(10-15)22-18(11-21-16)14-6-5-12-3-1-2-4-13(12)9-14/h1-11H,(H2,20,23). The van der Waals surface area contributed by atoms with Crippen LogP contribution in [0.5, 0.6) is 0 Å². The topological polar surface area (TPSA) is 68.9 Å². The minimum Gasteiger partial charge on any atom is -0.366 e. The average molecular weight is 299 g/mol. The van der Waals surface area contributed by atoms with Gasteiger partial charge in [-0.2, -0.15) is 0 Å². The zero-order valence-electron chi connectivity index (χ0n) is 12.2. The van der Waals surface area contributed by atoms with E-state index < -0.39 is 5.91 Å². The summed E-state index contributed by atoms with van der Waals surface area (Å²) < 4.78 is 0. The SMILES string of the molecule is NC(=O)c1ccc2ncc(-c3ccc4ccccc4c3)nc2c1. The molecule has 4 rings (SSSR count). The van der Waals surface area contributed by atoms with Crippen molar-refractivity contribution < 1.29 is 4.79 Å². The van der Waals surface area contributed by atoms with Gasteiger partial charge in [-0.25, -0.2) is 4.98 Å². The van der Waals surface area contributed by atoms with E-state index in [4.69, 9.17) is 5.73 Å². The number of aromatic nitrogens is 2. The molecular weight excluding hydrogens is 286 g/mol. The number of hydrogen-bond donors (Lipinski definition) is 1. The highest BCUT2D eigenvalue weighted by Crippen LogP contribution is 2.24. The van der Waals surface area contributed by atoms with Crippen molar-refractivity contribution in [1.82, 2.24) is 9.97 Å². The summed E-state index contributed by atoms with van der Waals surface area (Å²) in [5.74, 6) is -0.468. The third kappa shape index (κ3) is 2.40. The van der Waals surface area contributed by atoms with Crippen LogP contribution in [0.3, 0.4) is 0 Å². The molecule has 0 aliphatic heterocycles. The summed E-state index contributed by atoms with van der Waals surface area (Å²) in [6.07, 6.45) is 1.75. The Kier molecular flexibility index (Phi) is 3.01. The highest BCUT2D eigenvalue weighted by Gasteiger charge is 2.07. The van der Waals surface area contributed by atoms with E-state index in [1.165, 1.54) is 5.39 Å². The van der Waals surface area contributed by atoms with E-state index >= 15 is 0 Å². The molecule has 2 N–H and O–H groups in total. The number of fused-ring (bicyclic) bond motifs is 2. The van der Waals surface area contributed by atoms with Crippen molar-refractivity contribution in [3.63, 3.8) is 0 Å². The Bertz CT molecular complexity index is 1060. The fourth-order valence-electron chi connectivity index (χ4n) is 2.65. The molecule has 0 fully saturated rings. The van der Waals surface area contributed by atoms with Crippen molar-refractivity contribution in [2.24, 2.45) is 5.73 Å². The first-order valence-electron chi connectivity index (χ1n) is 7.26. The van der Waals surface area contributed by atoms with Crippen molar-refractivity contribution in [3.8, 4) is 11.3 Å². The Balaban J connectivity index is 1.87. The maximum Gasteiger partial charge on any atom is 0.248 e. The fraction of sp³-hybridized carbons (Fsp3) is 0. The molecule has 0 saturated carbocycles. The van der Waals surface area contributed by atoms with Crippen molar-refractivity contribution >= 4 is 27.7 Å². The van der Waals surface area contributed by atoms with Gasteiger partial charge in [0.25, 0.3) is 0 Å². The van der Waals surface area contributed by atoms with Crippen molar-refractivity contribution in [1.29, 1.82) is 0 Å². The van der Waals surface area contributed by atoms with Crippen LogP contribution in [-0.2, 0) is 0 Å². The lowest BCUT2D eigenvalue weighted by Gasteiger charge is -2.05. The van der Waals surface area contributed by atoms with E-state index in [-0.39, 0.29) is 0 Å². The van der Waals surface area contributed by atoms with Crippen LogP contribution in [-0.4, -0.2) is 15.9 Å². The zero-order valence-corrected chi connectivity index (χ0v) is 12.2. The summed E-state index contributed by atoms with van der Waals surface area (Å²) in [5.41, 5.74) is 8.91. The Hall–Kier alpha value is -3.27. The maximum atomic E-state index is 11.3. The lowest BCUT2D eigenvalue weighted by atomic mass is 10.1. The van der Waals surface area contributed by atoms with Crippen LogP contribution < -0.4 is 5.73 Å². The molecule has 23 heavy (non-hydrogen) atoms. The molecule has 3 aromatic carbocycles. The summed E-state index contributed by atoms with van der Waals surface area (Å²) in [6.45, 7) is 0. The second kappa shape index (κ2) is 5.18. The van der Waals surface area contributed by atoms with Gasteiger partial charge in [0.2, 0.25) is 5.91 Å². The van der Waals surface area contributed by atoms with Crippen LogP contribution in [0.25, 0.3) is 33.1 Å². The van der Waals surface area contributed by atoms with Gasteiger partial charge in [-0.3, -0.25) is 9.78 Å². The van der Waals surface area contributed by atoms with Crippen LogP contribution in [0.1, 0.15) is 10.4 Å². The van der Waals surface area contributed by atoms with Crippen molar-refractivity contribution in [3.05, 3.63) is 72.4 Å². The quantitative estimate of drug-likeness (QED) is 0.615. The molecule has 0 radical (unpaired) electrons. The Morgan fingerprint density at radius 3 is 2.52 bits per heavy atom. The lowest BCUT2D eigenvalue weighted by Crippen LogP contribution is -2.10. The molecule has 0 unspecified atom stereocenters. The van der Waals surface area contributed by atoms with Crippen molar-refractivity contribution in [2.75, 3.05) is 0 Å². The van der Waals surface area contributed by atoms with Gasteiger partial charge in [-0.05, 0) is 35.0 Å². The summed E-state index contributed by atoms with van der Waals surface area (Å²) in [5, 5.41) is 2.33. The van der Waals surface area contributed by atoms with Gasteiger partial charge in [-0.15, -0.1) is 0 Å². The third-order valence-corrected chi connectivity index (χ3v) is 3.87. The van der Waals surface area contributed by atoms with Gasteiger partial charge in [0.1, 0.15) is 0 Å². The largest absolute Gasteiger partial charge is 0.366 e. The summed E-state index contributed by atoms with van der Waals surface area (Å²) in [7, 11) is 0. The normalized spacial score (nSPS) is 11.0. The monoisotopic (exact) mass is 299 g/mol. The molecule has 0 atom stereocenters. The van der Waals surface area contributed by atoms with E-state index in [1.807, 2.05) is 18.2 Å². The van der Waals surface area contributed by atoms with E-state index in [0.717, 1.165) is 22.2 Å². The van der Waals surface area contributed by atoms with Crippen LogP contribution in [0, 0.1) is 0 Å². The van der Waals surface area contributed by atoms with Gasteiger partial charge in [-0.1, -0.05) is 36.4 Å². The molecule has 0 spiro atoms. The Morgan fingerprint density at radius 1 is 0.870 bits per heavy atom. The van der Waals surface area contributed by atoms with Gasteiger partial charge in [0.05, 0.1) is 22.9 Å². The van der Waals surface area contributed by atoms with Crippen molar-refractivity contribution in [2.45, 2.75) is 0 Å². The number of carbonyl (C=O) groups is 1. The van der Waals surface area contributed by atoms with Gasteiger partial charge in [0.15, 0.2) is 0 Å². The number of nitrogens with two attached hydrogens (primary N) is 1. The van der Waals surface area contributed by atoms with Crippen LogP contribution in [0.2, 0.25) is 0 Å². The molecular formula is C19H13N3O. The van der Waals surface area contributed by atoms with Gasteiger partial charge >= 0.3 is 0 Å². The molecule has 0 aliphatic rings. The Labute approximate surface area is 132 Å². The molecule has 0 aliphatic carbocycles. The smallest absolute Gasteiger partial charge is 0.248 e. The number of carbonyl (C=O) groups excluding carboxylic acids is 1. The zero-order chi connectivity index (χ0) is 15.8. The highest BCUT2D eigenvalue weighted by molar-refractivity contribution is 5.96. The Morgan fingerprint density at radius 2 is 1.70 bits per heavy atom. The first-order chi connectivity index (χ1) is 11.2. The van der Waals surface area contributed by atoms with Gasteiger partial charge < -0.3 is 5.73 Å². The number of primary amides is 1. The molecule has 0 saturated heterocycles. The second-order valence-corrected chi connectivity index (χ2v) is 5.38. The van der Waals surface area contributed by atoms with E-state index in [2.05, 4.69) is 34.2 Å². The first kappa shape index (κ1) is 13.4. The van der Waals surface area contributed by atoms with E-state index in [9.17, 15) is 4.79 Å². The predicted octanol–water partition coefficient (Wildman–Crippen LogP) is 3.55. The van der Waals surface area contributed by atoms with Crippen LogP contribution in [0.4, 0.5) is 0 Å². The fourth-order valence-corrected chi connectivity index (χ4v) is 2.65. The van der Waals surface area contributed by atoms with E-state index in [0.29, 0.717) is 11.1 Å². The average Bonchev–Trinajstić information content (AvgIpc) is 2.60. The number of rotatable bonds is 2. The maximum absolute atomic E-state index is 11.3. The summed E-state index contributed by atoms with van der Waals surface area (Å²) in [4.78, 5) is 20.4. The van der Waals surface area contributed by atoms with Crippen LogP contribution in [0.15, 0.2) is 66.9 Å².